The predicted octanol–water partition coefficient (Wildman–Crippen LogP) is 3.06. The normalized spacial score (nSPS) is 12.3. The first kappa shape index (κ1) is 15.2. The quantitative estimate of drug-likeness (QED) is 0.917. The molecule has 0 unspecified atom stereocenters. The second-order valence-electron chi connectivity index (χ2n) is 4.90. The molecule has 0 atom stereocenters. The van der Waals surface area contributed by atoms with Crippen LogP contribution in [0.3, 0.4) is 0 Å². The van der Waals surface area contributed by atoms with Gasteiger partial charge in [0.05, 0.1) is 16.1 Å². The van der Waals surface area contributed by atoms with E-state index in [1.54, 1.807) is 56.4 Å². The van der Waals surface area contributed by atoms with Crippen molar-refractivity contribution in [1.29, 1.82) is 0 Å². The molecule has 2 rings (SSSR count). The smallest absolute Gasteiger partial charge is 0.241 e. The highest BCUT2D eigenvalue weighted by molar-refractivity contribution is 9.10. The van der Waals surface area contributed by atoms with E-state index in [0.29, 0.717) is 5.69 Å². The maximum Gasteiger partial charge on any atom is 0.241 e. The first-order chi connectivity index (χ1) is 9.31. The molecule has 0 saturated carbocycles. The lowest BCUT2D eigenvalue weighted by molar-refractivity contribution is 0.460. The number of hydrogen-bond acceptors (Lipinski definition) is 3. The Bertz CT molecular complexity index is 683. The van der Waals surface area contributed by atoms with Gasteiger partial charge in [-0.1, -0.05) is 22.0 Å². The van der Waals surface area contributed by atoms with Gasteiger partial charge in [0.25, 0.3) is 0 Å². The van der Waals surface area contributed by atoms with Crippen molar-refractivity contribution in [2.24, 2.45) is 0 Å². The standard InChI is InChI=1S/C14H15BrN2O2S/c1-14(2,13-5-3-4-10-16-13)17-20(18,19)12-8-6-11(15)7-9-12/h3-10,17H,1-2H3. The van der Waals surface area contributed by atoms with Crippen molar-refractivity contribution in [3.8, 4) is 0 Å². The van der Waals surface area contributed by atoms with Crippen LogP contribution in [0.1, 0.15) is 19.5 Å². The zero-order valence-corrected chi connectivity index (χ0v) is 13.6. The van der Waals surface area contributed by atoms with Crippen molar-refractivity contribution in [3.05, 3.63) is 58.8 Å². The summed E-state index contributed by atoms with van der Waals surface area (Å²) in [6, 6.07) is 11.9. The second-order valence-corrected chi connectivity index (χ2v) is 7.50. The van der Waals surface area contributed by atoms with Gasteiger partial charge in [0.2, 0.25) is 10.0 Å². The Labute approximate surface area is 127 Å². The molecule has 4 nitrogen and oxygen atoms in total. The van der Waals surface area contributed by atoms with Crippen LogP contribution >= 0.6 is 15.9 Å². The molecule has 106 valence electrons. The van der Waals surface area contributed by atoms with Crippen molar-refractivity contribution in [3.63, 3.8) is 0 Å². The monoisotopic (exact) mass is 354 g/mol. The van der Waals surface area contributed by atoms with E-state index in [-0.39, 0.29) is 4.90 Å². The molecule has 0 spiro atoms. The van der Waals surface area contributed by atoms with Crippen molar-refractivity contribution in [2.45, 2.75) is 24.3 Å². The van der Waals surface area contributed by atoms with Crippen LogP contribution < -0.4 is 4.72 Å². The van der Waals surface area contributed by atoms with E-state index >= 15 is 0 Å². The van der Waals surface area contributed by atoms with E-state index in [4.69, 9.17) is 0 Å². The summed E-state index contributed by atoms with van der Waals surface area (Å²) in [4.78, 5) is 4.43. The maximum atomic E-state index is 12.4. The molecule has 6 heteroatoms. The van der Waals surface area contributed by atoms with Crippen molar-refractivity contribution >= 4 is 26.0 Å². The van der Waals surface area contributed by atoms with Crippen molar-refractivity contribution in [2.75, 3.05) is 0 Å². The maximum absolute atomic E-state index is 12.4. The molecule has 0 bridgehead atoms. The zero-order valence-electron chi connectivity index (χ0n) is 11.2. The van der Waals surface area contributed by atoms with E-state index in [0.717, 1.165) is 4.47 Å². The van der Waals surface area contributed by atoms with Gasteiger partial charge in [0.15, 0.2) is 0 Å². The lowest BCUT2D eigenvalue weighted by Gasteiger charge is -2.25. The average Bonchev–Trinajstić information content (AvgIpc) is 2.39. The molecule has 20 heavy (non-hydrogen) atoms. The fraction of sp³-hybridized carbons (Fsp3) is 0.214. The highest BCUT2D eigenvalue weighted by Crippen LogP contribution is 2.22. The van der Waals surface area contributed by atoms with Crippen LogP contribution in [0.25, 0.3) is 0 Å². The third-order valence-corrected chi connectivity index (χ3v) is 5.02. The summed E-state index contributed by atoms with van der Waals surface area (Å²) in [5.41, 5.74) is -0.117. The fourth-order valence-corrected chi connectivity index (χ4v) is 3.45. The second kappa shape index (κ2) is 5.63. The number of benzene rings is 1. The van der Waals surface area contributed by atoms with Gasteiger partial charge in [-0.3, -0.25) is 4.98 Å². The topological polar surface area (TPSA) is 59.1 Å². The molecule has 0 aliphatic rings. The van der Waals surface area contributed by atoms with Gasteiger partial charge in [0, 0.05) is 10.7 Å². The summed E-state index contributed by atoms with van der Waals surface area (Å²) < 4.78 is 28.3. The van der Waals surface area contributed by atoms with Crippen molar-refractivity contribution < 1.29 is 8.42 Å². The SMILES string of the molecule is CC(C)(NS(=O)(=O)c1ccc(Br)cc1)c1ccccn1. The molecule has 0 amide bonds. The molecule has 1 aromatic carbocycles. The molecule has 0 aliphatic heterocycles. The van der Waals surface area contributed by atoms with Gasteiger partial charge in [-0.2, -0.15) is 4.72 Å². The zero-order chi connectivity index (χ0) is 14.8. The molecule has 0 fully saturated rings. The Kier molecular flexibility index (Phi) is 4.27. The van der Waals surface area contributed by atoms with E-state index in [1.165, 1.54) is 0 Å². The molecule has 2 aromatic rings. The number of pyridine rings is 1. The van der Waals surface area contributed by atoms with E-state index in [1.807, 2.05) is 6.07 Å². The fourth-order valence-electron chi connectivity index (χ4n) is 1.79. The molecular weight excluding hydrogens is 340 g/mol. The molecular formula is C14H15BrN2O2S. The van der Waals surface area contributed by atoms with Crippen LogP contribution in [0.5, 0.6) is 0 Å². The Morgan fingerprint density at radius 3 is 2.30 bits per heavy atom. The minimum Gasteiger partial charge on any atom is -0.259 e. The van der Waals surface area contributed by atoms with Crippen LogP contribution in [-0.4, -0.2) is 13.4 Å². The van der Waals surface area contributed by atoms with Gasteiger partial charge < -0.3 is 0 Å². The van der Waals surface area contributed by atoms with Gasteiger partial charge in [-0.15, -0.1) is 0 Å². The van der Waals surface area contributed by atoms with Crippen LogP contribution in [0.15, 0.2) is 58.0 Å². The van der Waals surface area contributed by atoms with E-state index in [2.05, 4.69) is 25.6 Å². The van der Waals surface area contributed by atoms with Gasteiger partial charge >= 0.3 is 0 Å². The number of sulfonamides is 1. The summed E-state index contributed by atoms with van der Waals surface area (Å²) in [7, 11) is -3.59. The number of aromatic nitrogens is 1. The lowest BCUT2D eigenvalue weighted by Crippen LogP contribution is -2.41. The first-order valence-electron chi connectivity index (χ1n) is 6.02. The molecule has 1 heterocycles. The predicted molar refractivity (Wildman–Crippen MR) is 81.7 cm³/mol. The number of hydrogen-bond donors (Lipinski definition) is 1. The minimum absolute atomic E-state index is 0.227. The van der Waals surface area contributed by atoms with Crippen molar-refractivity contribution in [1.82, 2.24) is 9.71 Å². The van der Waals surface area contributed by atoms with Crippen LogP contribution in [0, 0.1) is 0 Å². The summed E-state index contributed by atoms with van der Waals surface area (Å²) in [6.45, 7) is 3.57. The van der Waals surface area contributed by atoms with Crippen LogP contribution in [0.2, 0.25) is 0 Å². The molecule has 0 saturated heterocycles. The Morgan fingerprint density at radius 2 is 1.75 bits per heavy atom. The van der Waals surface area contributed by atoms with Gasteiger partial charge in [-0.25, -0.2) is 8.42 Å². The first-order valence-corrected chi connectivity index (χ1v) is 8.30. The van der Waals surface area contributed by atoms with Crippen LogP contribution in [0.4, 0.5) is 0 Å². The highest BCUT2D eigenvalue weighted by Gasteiger charge is 2.28. The number of rotatable bonds is 4. The Balaban J connectivity index is 2.30. The molecule has 1 aromatic heterocycles. The summed E-state index contributed by atoms with van der Waals surface area (Å²) in [5, 5.41) is 0. The largest absolute Gasteiger partial charge is 0.259 e. The highest BCUT2D eigenvalue weighted by atomic mass is 79.9. The molecule has 0 radical (unpaired) electrons. The number of nitrogens with one attached hydrogen (secondary N) is 1. The minimum atomic E-state index is -3.59. The lowest BCUT2D eigenvalue weighted by atomic mass is 10.0. The van der Waals surface area contributed by atoms with Gasteiger partial charge in [-0.05, 0) is 50.2 Å². The third kappa shape index (κ3) is 3.45. The molecule has 1 N–H and O–H groups in total. The summed E-state index contributed by atoms with van der Waals surface area (Å²) >= 11 is 3.29. The Hall–Kier alpha value is -1.24. The number of halogens is 1. The average molecular weight is 355 g/mol. The summed E-state index contributed by atoms with van der Waals surface area (Å²) in [6.07, 6.45) is 1.64. The Morgan fingerprint density at radius 1 is 1.10 bits per heavy atom. The summed E-state index contributed by atoms with van der Waals surface area (Å²) in [5.74, 6) is 0. The molecule has 0 aliphatic carbocycles. The van der Waals surface area contributed by atoms with E-state index < -0.39 is 15.6 Å². The van der Waals surface area contributed by atoms with Crippen LogP contribution in [-0.2, 0) is 15.6 Å². The third-order valence-electron chi connectivity index (χ3n) is 2.82. The van der Waals surface area contributed by atoms with Gasteiger partial charge in [0.1, 0.15) is 0 Å². The van der Waals surface area contributed by atoms with E-state index in [9.17, 15) is 8.42 Å². The number of nitrogens with zero attached hydrogens (tertiary/aromatic N) is 1.